The van der Waals surface area contributed by atoms with Crippen LogP contribution in [0.4, 0.5) is 0 Å². The molecule has 0 atom stereocenters. The molecule has 0 radical (unpaired) electrons. The van der Waals surface area contributed by atoms with Gasteiger partial charge in [-0.15, -0.1) is 0 Å². The number of carbonyl (C=O) groups excluding carboxylic acids is 3. The van der Waals surface area contributed by atoms with Gasteiger partial charge in [0.2, 0.25) is 0 Å². The Kier molecular flexibility index (Phi) is 7.81. The third kappa shape index (κ3) is 6.44. The number of nitrogens with one attached hydrogen (secondary N) is 1. The summed E-state index contributed by atoms with van der Waals surface area (Å²) in [6.07, 6.45) is 2.78. The highest BCUT2D eigenvalue weighted by atomic mass is 16.5. The first kappa shape index (κ1) is 22.1. The second-order valence-electron chi connectivity index (χ2n) is 6.99. The summed E-state index contributed by atoms with van der Waals surface area (Å²) in [6, 6.07) is 16.6. The standard InChI is InChI=1S/C24H26N2O5/c1-2-30-21-10-8-20(9-11-21)24(29)25-16-23(28)31-17-22(27)26-14-12-19(13-15-26)18-6-4-3-5-7-18/h3-12H,2,13-17H2,1H3,(H,25,29). The molecule has 0 unspecified atom stereocenters. The first-order chi connectivity index (χ1) is 15.1. The van der Waals surface area contributed by atoms with Crippen molar-refractivity contribution in [1.29, 1.82) is 0 Å². The third-order valence-electron chi connectivity index (χ3n) is 4.88. The summed E-state index contributed by atoms with van der Waals surface area (Å²) in [7, 11) is 0. The third-order valence-corrected chi connectivity index (χ3v) is 4.88. The minimum Gasteiger partial charge on any atom is -0.494 e. The summed E-state index contributed by atoms with van der Waals surface area (Å²) in [4.78, 5) is 38.0. The predicted octanol–water partition coefficient (Wildman–Crippen LogP) is 2.67. The van der Waals surface area contributed by atoms with Crippen molar-refractivity contribution in [2.24, 2.45) is 0 Å². The van der Waals surface area contributed by atoms with Crippen molar-refractivity contribution in [3.8, 4) is 5.75 Å². The lowest BCUT2D eigenvalue weighted by atomic mass is 10.00. The van der Waals surface area contributed by atoms with Crippen LogP contribution in [0.2, 0.25) is 0 Å². The molecule has 31 heavy (non-hydrogen) atoms. The number of rotatable bonds is 8. The Hall–Kier alpha value is -3.61. The number of hydrogen-bond acceptors (Lipinski definition) is 5. The molecule has 2 aromatic carbocycles. The van der Waals surface area contributed by atoms with Crippen LogP contribution in [0.15, 0.2) is 60.7 Å². The maximum absolute atomic E-state index is 12.3. The fourth-order valence-electron chi connectivity index (χ4n) is 3.22. The number of ether oxygens (including phenoxy) is 2. The van der Waals surface area contributed by atoms with Gasteiger partial charge in [0.1, 0.15) is 12.3 Å². The second-order valence-corrected chi connectivity index (χ2v) is 6.99. The van der Waals surface area contributed by atoms with Gasteiger partial charge in [-0.2, -0.15) is 0 Å². The number of benzene rings is 2. The zero-order chi connectivity index (χ0) is 22.1. The number of esters is 1. The summed E-state index contributed by atoms with van der Waals surface area (Å²) in [5, 5.41) is 2.49. The van der Waals surface area contributed by atoms with Gasteiger partial charge in [-0.05, 0) is 48.7 Å². The highest BCUT2D eigenvalue weighted by molar-refractivity contribution is 5.96. The predicted molar refractivity (Wildman–Crippen MR) is 117 cm³/mol. The Morgan fingerprint density at radius 3 is 2.42 bits per heavy atom. The molecule has 1 heterocycles. The molecule has 1 aliphatic rings. The van der Waals surface area contributed by atoms with Gasteiger partial charge in [0.05, 0.1) is 6.61 Å². The highest BCUT2D eigenvalue weighted by Crippen LogP contribution is 2.22. The quantitative estimate of drug-likeness (QED) is 0.661. The largest absolute Gasteiger partial charge is 0.494 e. The van der Waals surface area contributed by atoms with Gasteiger partial charge < -0.3 is 19.7 Å². The molecule has 0 saturated carbocycles. The molecule has 7 nitrogen and oxygen atoms in total. The van der Waals surface area contributed by atoms with E-state index in [1.54, 1.807) is 29.2 Å². The Morgan fingerprint density at radius 2 is 1.77 bits per heavy atom. The van der Waals surface area contributed by atoms with Crippen LogP contribution in [0.1, 0.15) is 29.3 Å². The summed E-state index contributed by atoms with van der Waals surface area (Å²) >= 11 is 0. The summed E-state index contributed by atoms with van der Waals surface area (Å²) in [5.74, 6) is -0.652. The average molecular weight is 422 g/mol. The molecule has 3 rings (SSSR count). The molecule has 0 aromatic heterocycles. The van der Waals surface area contributed by atoms with Crippen molar-refractivity contribution in [2.75, 3.05) is 32.8 Å². The zero-order valence-corrected chi connectivity index (χ0v) is 17.5. The molecule has 0 fully saturated rings. The van der Waals surface area contributed by atoms with Crippen molar-refractivity contribution < 1.29 is 23.9 Å². The van der Waals surface area contributed by atoms with E-state index < -0.39 is 11.9 Å². The molecule has 0 saturated heterocycles. The van der Waals surface area contributed by atoms with Gasteiger partial charge in [0.25, 0.3) is 11.8 Å². The molecule has 0 bridgehead atoms. The molecule has 0 spiro atoms. The van der Waals surface area contributed by atoms with E-state index in [0.717, 1.165) is 12.0 Å². The molecule has 0 aliphatic carbocycles. The van der Waals surface area contributed by atoms with Gasteiger partial charge in [0, 0.05) is 18.7 Å². The van der Waals surface area contributed by atoms with Crippen LogP contribution >= 0.6 is 0 Å². The van der Waals surface area contributed by atoms with E-state index in [0.29, 0.717) is 31.0 Å². The van der Waals surface area contributed by atoms with E-state index in [4.69, 9.17) is 9.47 Å². The van der Waals surface area contributed by atoms with Gasteiger partial charge in [-0.3, -0.25) is 14.4 Å². The van der Waals surface area contributed by atoms with E-state index in [1.807, 2.05) is 43.3 Å². The van der Waals surface area contributed by atoms with E-state index in [1.165, 1.54) is 5.57 Å². The topological polar surface area (TPSA) is 84.9 Å². The summed E-state index contributed by atoms with van der Waals surface area (Å²) in [6.45, 7) is 2.82. The number of carbonyl (C=O) groups is 3. The molecule has 1 aliphatic heterocycles. The minimum atomic E-state index is -0.662. The van der Waals surface area contributed by atoms with Crippen molar-refractivity contribution >= 4 is 23.4 Å². The molecular weight excluding hydrogens is 396 g/mol. The van der Waals surface area contributed by atoms with Crippen LogP contribution in [0.5, 0.6) is 5.75 Å². The number of hydrogen-bond donors (Lipinski definition) is 1. The molecule has 2 aromatic rings. The van der Waals surface area contributed by atoms with Gasteiger partial charge in [-0.25, -0.2) is 0 Å². The zero-order valence-electron chi connectivity index (χ0n) is 17.5. The molecule has 7 heteroatoms. The van der Waals surface area contributed by atoms with Crippen molar-refractivity contribution in [3.63, 3.8) is 0 Å². The maximum atomic E-state index is 12.3. The molecular formula is C24H26N2O5. The summed E-state index contributed by atoms with van der Waals surface area (Å²) < 4.78 is 10.3. The van der Waals surface area contributed by atoms with Gasteiger partial charge in [0.15, 0.2) is 6.61 Å². The van der Waals surface area contributed by atoms with E-state index >= 15 is 0 Å². The van der Waals surface area contributed by atoms with Crippen molar-refractivity contribution in [3.05, 3.63) is 71.8 Å². The van der Waals surface area contributed by atoms with Gasteiger partial charge in [-0.1, -0.05) is 36.4 Å². The van der Waals surface area contributed by atoms with Crippen LogP contribution in [0, 0.1) is 0 Å². The SMILES string of the molecule is CCOc1ccc(C(=O)NCC(=O)OCC(=O)N2CC=C(c3ccccc3)CC2)cc1. The Labute approximate surface area is 181 Å². The maximum Gasteiger partial charge on any atom is 0.325 e. The van der Waals surface area contributed by atoms with Crippen LogP contribution in [0.25, 0.3) is 5.57 Å². The highest BCUT2D eigenvalue weighted by Gasteiger charge is 2.19. The normalized spacial score (nSPS) is 13.2. The lowest BCUT2D eigenvalue weighted by Gasteiger charge is -2.26. The van der Waals surface area contributed by atoms with Crippen LogP contribution < -0.4 is 10.1 Å². The smallest absolute Gasteiger partial charge is 0.325 e. The van der Waals surface area contributed by atoms with E-state index in [9.17, 15) is 14.4 Å². The fraction of sp³-hybridized carbons (Fsp3) is 0.292. The van der Waals surface area contributed by atoms with E-state index in [2.05, 4.69) is 5.32 Å². The fourth-order valence-corrected chi connectivity index (χ4v) is 3.22. The molecule has 162 valence electrons. The number of nitrogens with zero attached hydrogens (tertiary/aromatic N) is 1. The van der Waals surface area contributed by atoms with Crippen LogP contribution in [-0.2, 0) is 14.3 Å². The van der Waals surface area contributed by atoms with Gasteiger partial charge >= 0.3 is 5.97 Å². The van der Waals surface area contributed by atoms with E-state index in [-0.39, 0.29) is 19.1 Å². The lowest BCUT2D eigenvalue weighted by molar-refractivity contribution is -0.151. The first-order valence-electron chi connectivity index (χ1n) is 10.3. The summed E-state index contributed by atoms with van der Waals surface area (Å²) in [5.41, 5.74) is 2.77. The second kappa shape index (κ2) is 11.0. The van der Waals surface area contributed by atoms with Crippen molar-refractivity contribution in [2.45, 2.75) is 13.3 Å². The van der Waals surface area contributed by atoms with Crippen LogP contribution in [-0.4, -0.2) is 55.5 Å². The minimum absolute atomic E-state index is 0.255. The molecule has 2 amide bonds. The Morgan fingerprint density at radius 1 is 1.03 bits per heavy atom. The Bertz CT molecular complexity index is 938. The molecule has 1 N–H and O–H groups in total. The monoisotopic (exact) mass is 422 g/mol. The first-order valence-corrected chi connectivity index (χ1v) is 10.3. The number of amides is 2. The average Bonchev–Trinajstić information content (AvgIpc) is 2.82. The van der Waals surface area contributed by atoms with Crippen LogP contribution in [0.3, 0.4) is 0 Å². The Balaban J connectivity index is 1.39. The lowest BCUT2D eigenvalue weighted by Crippen LogP contribution is -2.38. The van der Waals surface area contributed by atoms with Crippen molar-refractivity contribution in [1.82, 2.24) is 10.2 Å².